The molecule has 0 bridgehead atoms. The van der Waals surface area contributed by atoms with Crippen LogP contribution in [0.25, 0.3) is 0 Å². The molecule has 1 saturated carbocycles. The van der Waals surface area contributed by atoms with Gasteiger partial charge in [-0.2, -0.15) is 13.2 Å². The number of anilines is 1. The number of para-hydroxylation sites is 1. The molecule has 1 saturated heterocycles. The van der Waals surface area contributed by atoms with Crippen LogP contribution in [0.1, 0.15) is 18.4 Å². The van der Waals surface area contributed by atoms with E-state index >= 15 is 0 Å². The average Bonchev–Trinajstić information content (AvgIpc) is 2.95. The molecule has 1 aromatic carbocycles. The quantitative estimate of drug-likeness (QED) is 0.837. The van der Waals surface area contributed by atoms with Gasteiger partial charge in [-0.15, -0.1) is 0 Å². The number of hydrogen-bond donors (Lipinski definition) is 2. The van der Waals surface area contributed by atoms with E-state index in [1.807, 2.05) is 0 Å². The van der Waals surface area contributed by atoms with Crippen LogP contribution in [-0.4, -0.2) is 35.2 Å². The Kier molecular flexibility index (Phi) is 3.76. The normalized spacial score (nSPS) is 27.8. The summed E-state index contributed by atoms with van der Waals surface area (Å²) >= 11 is 0. The Balaban J connectivity index is 1.69. The minimum atomic E-state index is -4.50. The van der Waals surface area contributed by atoms with E-state index in [1.165, 1.54) is 23.1 Å². The maximum absolute atomic E-state index is 12.9. The summed E-state index contributed by atoms with van der Waals surface area (Å²) < 4.78 is 38.7. The van der Waals surface area contributed by atoms with E-state index < -0.39 is 17.8 Å². The van der Waals surface area contributed by atoms with Crippen molar-refractivity contribution in [3.8, 4) is 0 Å². The molecule has 1 unspecified atom stereocenters. The molecule has 2 aliphatic rings. The lowest BCUT2D eigenvalue weighted by Gasteiger charge is -2.20. The molecule has 1 heterocycles. The third kappa shape index (κ3) is 2.90. The third-order valence-electron chi connectivity index (χ3n) is 4.49. The van der Waals surface area contributed by atoms with Crippen LogP contribution in [0.4, 0.5) is 23.7 Å². The molecule has 1 aromatic rings. The number of nitrogens with zero attached hydrogens (tertiary/aromatic N) is 1. The number of fused-ring (bicyclic) bond motifs is 1. The molecule has 0 aromatic heterocycles. The fourth-order valence-electron chi connectivity index (χ4n) is 3.47. The van der Waals surface area contributed by atoms with Crippen molar-refractivity contribution in [3.05, 3.63) is 29.8 Å². The molecule has 0 spiro atoms. The highest BCUT2D eigenvalue weighted by atomic mass is 19.4. The van der Waals surface area contributed by atoms with Crippen molar-refractivity contribution in [3.63, 3.8) is 0 Å². The topological polar surface area (TPSA) is 52.6 Å². The molecule has 2 N–H and O–H groups in total. The summed E-state index contributed by atoms with van der Waals surface area (Å²) in [5, 5.41) is 11.9. The first kappa shape index (κ1) is 15.1. The lowest BCUT2D eigenvalue weighted by molar-refractivity contribution is -0.136. The van der Waals surface area contributed by atoms with Gasteiger partial charge in [-0.25, -0.2) is 4.79 Å². The Morgan fingerprint density at radius 3 is 2.36 bits per heavy atom. The summed E-state index contributed by atoms with van der Waals surface area (Å²) in [7, 11) is 0. The van der Waals surface area contributed by atoms with Gasteiger partial charge in [-0.3, -0.25) is 0 Å². The number of benzene rings is 1. The molecule has 3 atom stereocenters. The monoisotopic (exact) mass is 314 g/mol. The molecular formula is C15H17F3N2O2. The zero-order valence-corrected chi connectivity index (χ0v) is 11.8. The summed E-state index contributed by atoms with van der Waals surface area (Å²) in [6.07, 6.45) is -3.50. The number of likely N-dealkylation sites (tertiary alicyclic amines) is 1. The Bertz CT molecular complexity index is 562. The summed E-state index contributed by atoms with van der Waals surface area (Å²) in [6, 6.07) is 4.44. The van der Waals surface area contributed by atoms with Gasteiger partial charge in [0.2, 0.25) is 0 Å². The van der Waals surface area contributed by atoms with Gasteiger partial charge in [0, 0.05) is 13.1 Å². The van der Waals surface area contributed by atoms with Crippen molar-refractivity contribution in [1.82, 2.24) is 4.90 Å². The highest BCUT2D eigenvalue weighted by Crippen LogP contribution is 2.39. The van der Waals surface area contributed by atoms with E-state index in [0.29, 0.717) is 25.9 Å². The van der Waals surface area contributed by atoms with E-state index in [2.05, 4.69) is 5.32 Å². The molecule has 2 amide bonds. The van der Waals surface area contributed by atoms with E-state index in [0.717, 1.165) is 6.07 Å². The minimum absolute atomic E-state index is 0.225. The summed E-state index contributed by atoms with van der Waals surface area (Å²) in [5.74, 6) is 0.497. The number of carbonyl (C=O) groups is 1. The predicted molar refractivity (Wildman–Crippen MR) is 74.3 cm³/mol. The number of aliphatic hydroxyl groups excluding tert-OH is 1. The number of alkyl halides is 3. The maximum Gasteiger partial charge on any atom is 0.418 e. The summed E-state index contributed by atoms with van der Waals surface area (Å²) in [4.78, 5) is 13.7. The molecule has 120 valence electrons. The maximum atomic E-state index is 12.9. The minimum Gasteiger partial charge on any atom is -0.393 e. The van der Waals surface area contributed by atoms with Crippen LogP contribution in [0, 0.1) is 11.8 Å². The van der Waals surface area contributed by atoms with Crippen LogP contribution in [0.3, 0.4) is 0 Å². The Labute approximate surface area is 125 Å². The molecule has 22 heavy (non-hydrogen) atoms. The fourth-order valence-corrected chi connectivity index (χ4v) is 3.47. The number of rotatable bonds is 1. The smallest absolute Gasteiger partial charge is 0.393 e. The molecule has 1 aliphatic heterocycles. The van der Waals surface area contributed by atoms with E-state index in [1.54, 1.807) is 0 Å². The zero-order chi connectivity index (χ0) is 15.9. The van der Waals surface area contributed by atoms with Crippen LogP contribution >= 0.6 is 0 Å². The Hall–Kier alpha value is -1.76. The van der Waals surface area contributed by atoms with Gasteiger partial charge in [-0.05, 0) is 36.8 Å². The third-order valence-corrected chi connectivity index (χ3v) is 4.49. The van der Waals surface area contributed by atoms with Crippen LogP contribution in [0.2, 0.25) is 0 Å². The molecule has 7 heteroatoms. The van der Waals surface area contributed by atoms with Crippen molar-refractivity contribution >= 4 is 11.7 Å². The van der Waals surface area contributed by atoms with Gasteiger partial charge in [0.1, 0.15) is 0 Å². The molecular weight excluding hydrogens is 297 g/mol. The summed E-state index contributed by atoms with van der Waals surface area (Å²) in [5.41, 5.74) is -1.07. The lowest BCUT2D eigenvalue weighted by atomic mass is 10.0. The van der Waals surface area contributed by atoms with Gasteiger partial charge < -0.3 is 15.3 Å². The number of amides is 2. The van der Waals surface area contributed by atoms with Gasteiger partial charge >= 0.3 is 12.2 Å². The van der Waals surface area contributed by atoms with Crippen LogP contribution in [0.5, 0.6) is 0 Å². The second kappa shape index (κ2) is 5.46. The van der Waals surface area contributed by atoms with Crippen molar-refractivity contribution in [2.75, 3.05) is 18.4 Å². The first-order valence-corrected chi connectivity index (χ1v) is 7.25. The van der Waals surface area contributed by atoms with Crippen molar-refractivity contribution in [2.24, 2.45) is 11.8 Å². The second-order valence-electron chi connectivity index (χ2n) is 6.02. The molecule has 4 nitrogen and oxygen atoms in total. The van der Waals surface area contributed by atoms with Gasteiger partial charge in [0.15, 0.2) is 0 Å². The number of hydrogen-bond acceptors (Lipinski definition) is 2. The van der Waals surface area contributed by atoms with Crippen molar-refractivity contribution in [1.29, 1.82) is 0 Å². The van der Waals surface area contributed by atoms with Crippen LogP contribution in [-0.2, 0) is 6.18 Å². The average molecular weight is 314 g/mol. The second-order valence-corrected chi connectivity index (χ2v) is 6.02. The molecule has 3 rings (SSSR count). The highest BCUT2D eigenvalue weighted by Gasteiger charge is 2.42. The fraction of sp³-hybridized carbons (Fsp3) is 0.533. The lowest BCUT2D eigenvalue weighted by Crippen LogP contribution is -2.34. The van der Waals surface area contributed by atoms with Gasteiger partial charge in [-0.1, -0.05) is 12.1 Å². The Morgan fingerprint density at radius 1 is 1.18 bits per heavy atom. The predicted octanol–water partition coefficient (Wildman–Crippen LogP) is 2.94. The number of carbonyl (C=O) groups excluding carboxylic acids is 1. The van der Waals surface area contributed by atoms with E-state index in [9.17, 15) is 23.1 Å². The summed E-state index contributed by atoms with van der Waals surface area (Å²) in [6.45, 7) is 0.976. The van der Waals surface area contributed by atoms with Crippen molar-refractivity contribution in [2.45, 2.75) is 25.1 Å². The van der Waals surface area contributed by atoms with E-state index in [-0.39, 0.29) is 23.6 Å². The van der Waals surface area contributed by atoms with Crippen LogP contribution < -0.4 is 5.32 Å². The van der Waals surface area contributed by atoms with Gasteiger partial charge in [0.05, 0.1) is 17.4 Å². The first-order chi connectivity index (χ1) is 10.3. The number of aliphatic hydroxyl groups is 1. The van der Waals surface area contributed by atoms with E-state index in [4.69, 9.17) is 0 Å². The molecule has 2 fully saturated rings. The number of halogens is 3. The Morgan fingerprint density at radius 2 is 1.77 bits per heavy atom. The molecule has 1 aliphatic carbocycles. The largest absolute Gasteiger partial charge is 0.418 e. The zero-order valence-electron chi connectivity index (χ0n) is 11.8. The van der Waals surface area contributed by atoms with Gasteiger partial charge in [0.25, 0.3) is 0 Å². The number of nitrogens with one attached hydrogen (secondary N) is 1. The standard InChI is InChI=1S/C15H17F3N2O2/c16-15(17,18)12-3-1-2-4-13(12)19-14(22)20-7-9-5-11(21)6-10(9)8-20/h1-4,9-11,21H,5-8H2,(H,19,22)/t9-,10+,11?. The van der Waals surface area contributed by atoms with Crippen molar-refractivity contribution < 1.29 is 23.1 Å². The first-order valence-electron chi connectivity index (χ1n) is 7.25. The SMILES string of the molecule is O=C(Nc1ccccc1C(F)(F)F)N1C[C@H]2CC(O)C[C@H]2C1. The number of urea groups is 1. The molecule has 0 radical (unpaired) electrons. The van der Waals surface area contributed by atoms with Crippen LogP contribution in [0.15, 0.2) is 24.3 Å². The highest BCUT2D eigenvalue weighted by molar-refractivity contribution is 5.90.